The molecule has 0 saturated carbocycles. The first-order chi connectivity index (χ1) is 13.1. The van der Waals surface area contributed by atoms with Crippen molar-refractivity contribution >= 4 is 29.3 Å². The van der Waals surface area contributed by atoms with Crippen LogP contribution in [0.1, 0.15) is 57.6 Å². The van der Waals surface area contributed by atoms with Gasteiger partial charge in [-0.15, -0.1) is 0 Å². The summed E-state index contributed by atoms with van der Waals surface area (Å²) in [6, 6.07) is 7.83. The van der Waals surface area contributed by atoms with Gasteiger partial charge in [-0.25, -0.2) is 14.8 Å². The first-order valence-corrected chi connectivity index (χ1v) is 9.87. The maximum atomic E-state index is 12.1. The van der Waals surface area contributed by atoms with Gasteiger partial charge in [-0.1, -0.05) is 25.4 Å². The fourth-order valence-electron chi connectivity index (χ4n) is 2.99. The molecule has 1 amide bonds. The molecule has 0 atom stereocenters. The van der Waals surface area contributed by atoms with Crippen LogP contribution >= 0.6 is 11.6 Å². The molecule has 0 aromatic carbocycles. The van der Waals surface area contributed by atoms with Gasteiger partial charge in [0.05, 0.1) is 0 Å². The Morgan fingerprint density at radius 1 is 1.25 bits per heavy atom. The average molecular weight is 403 g/mol. The summed E-state index contributed by atoms with van der Waals surface area (Å²) < 4.78 is 5.41. The summed E-state index contributed by atoms with van der Waals surface area (Å²) in [5.74, 6) is 2.01. The van der Waals surface area contributed by atoms with E-state index in [4.69, 9.17) is 16.3 Å². The van der Waals surface area contributed by atoms with Crippen molar-refractivity contribution in [2.45, 2.75) is 52.1 Å². The summed E-state index contributed by atoms with van der Waals surface area (Å²) in [4.78, 5) is 22.5. The third-order valence-electron chi connectivity index (χ3n) is 4.53. The molecule has 1 aliphatic heterocycles. The van der Waals surface area contributed by atoms with Gasteiger partial charge in [-0.3, -0.25) is 0 Å². The topological polar surface area (TPSA) is 67.4 Å². The molecule has 7 heteroatoms. The predicted octanol–water partition coefficient (Wildman–Crippen LogP) is 5.33. The van der Waals surface area contributed by atoms with Crippen molar-refractivity contribution in [3.63, 3.8) is 0 Å². The molecule has 6 nitrogen and oxygen atoms in total. The van der Waals surface area contributed by atoms with Crippen molar-refractivity contribution in [2.75, 3.05) is 18.4 Å². The Morgan fingerprint density at radius 2 is 1.96 bits per heavy atom. The van der Waals surface area contributed by atoms with Gasteiger partial charge in [0.1, 0.15) is 22.4 Å². The van der Waals surface area contributed by atoms with E-state index in [1.807, 2.05) is 45.0 Å². The Bertz CT molecular complexity index is 858. The second kappa shape index (κ2) is 7.95. The molecular formula is C21H27ClN4O2. The highest BCUT2D eigenvalue weighted by Gasteiger charge is 2.34. The zero-order valence-corrected chi connectivity index (χ0v) is 17.7. The molecular weight excluding hydrogens is 376 g/mol. The van der Waals surface area contributed by atoms with E-state index in [1.165, 1.54) is 5.56 Å². The maximum Gasteiger partial charge on any atom is 0.410 e. The lowest BCUT2D eigenvalue weighted by Crippen LogP contribution is -2.50. The number of carbonyl (C=O) groups is 1. The first-order valence-electron chi connectivity index (χ1n) is 9.49. The maximum absolute atomic E-state index is 12.1. The lowest BCUT2D eigenvalue weighted by atomic mass is 9.92. The van der Waals surface area contributed by atoms with Crippen LogP contribution < -0.4 is 5.32 Å². The highest BCUT2D eigenvalue weighted by atomic mass is 35.5. The molecule has 0 spiro atoms. The molecule has 0 bridgehead atoms. The van der Waals surface area contributed by atoms with Gasteiger partial charge in [-0.2, -0.15) is 0 Å². The molecule has 0 unspecified atom stereocenters. The number of halogens is 1. The van der Waals surface area contributed by atoms with Gasteiger partial charge < -0.3 is 15.0 Å². The van der Waals surface area contributed by atoms with Gasteiger partial charge in [0.2, 0.25) is 0 Å². The van der Waals surface area contributed by atoms with Crippen LogP contribution in [0.5, 0.6) is 0 Å². The van der Waals surface area contributed by atoms with Gasteiger partial charge in [0.25, 0.3) is 0 Å². The number of ether oxygens (including phenoxy) is 1. The number of carbonyl (C=O) groups excluding carboxylic acids is 1. The van der Waals surface area contributed by atoms with Crippen LogP contribution in [0.3, 0.4) is 0 Å². The number of amides is 1. The number of anilines is 2. The number of nitrogens with one attached hydrogen (secondary N) is 1. The summed E-state index contributed by atoms with van der Waals surface area (Å²) in [6.45, 7) is 11.1. The lowest BCUT2D eigenvalue weighted by molar-refractivity contribution is 0.00820. The molecule has 150 valence electrons. The third-order valence-corrected chi connectivity index (χ3v) is 4.72. The molecule has 3 heterocycles. The van der Waals surface area contributed by atoms with E-state index in [0.29, 0.717) is 30.0 Å². The van der Waals surface area contributed by atoms with Crippen molar-refractivity contribution in [3.8, 4) is 0 Å². The minimum Gasteiger partial charge on any atom is -0.444 e. The molecule has 0 aliphatic carbocycles. The second-order valence-electron chi connectivity index (χ2n) is 8.44. The van der Waals surface area contributed by atoms with E-state index >= 15 is 0 Å². The molecule has 1 aliphatic rings. The normalized spacial score (nSPS) is 14.8. The van der Waals surface area contributed by atoms with Crippen LogP contribution in [0.25, 0.3) is 0 Å². The van der Waals surface area contributed by atoms with Gasteiger partial charge in [0.15, 0.2) is 0 Å². The fraction of sp³-hybridized carbons (Fsp3) is 0.476. The summed E-state index contributed by atoms with van der Waals surface area (Å²) in [6.07, 6.45) is 1.50. The van der Waals surface area contributed by atoms with E-state index in [1.54, 1.807) is 11.1 Å². The summed E-state index contributed by atoms with van der Waals surface area (Å²) in [7, 11) is 0. The molecule has 2 aromatic rings. The molecule has 1 fully saturated rings. The zero-order valence-electron chi connectivity index (χ0n) is 17.0. The van der Waals surface area contributed by atoms with E-state index in [9.17, 15) is 4.79 Å². The van der Waals surface area contributed by atoms with Gasteiger partial charge in [-0.05, 0) is 62.1 Å². The molecule has 3 rings (SSSR count). The Kier molecular flexibility index (Phi) is 5.79. The molecule has 1 N–H and O–H groups in total. The summed E-state index contributed by atoms with van der Waals surface area (Å²) in [5, 5.41) is 3.65. The number of aromatic nitrogens is 2. The minimum absolute atomic E-state index is 0.212. The first kappa shape index (κ1) is 20.4. The van der Waals surface area contributed by atoms with Crippen LogP contribution in [0.4, 0.5) is 16.4 Å². The quantitative estimate of drug-likeness (QED) is 0.700. The van der Waals surface area contributed by atoms with Crippen molar-refractivity contribution in [1.82, 2.24) is 14.9 Å². The van der Waals surface area contributed by atoms with Crippen LogP contribution in [0, 0.1) is 0 Å². The summed E-state index contributed by atoms with van der Waals surface area (Å²) >= 11 is 6.23. The van der Waals surface area contributed by atoms with E-state index in [0.717, 1.165) is 11.4 Å². The number of pyridine rings is 2. The largest absolute Gasteiger partial charge is 0.444 e. The number of nitrogens with zero attached hydrogens (tertiary/aromatic N) is 3. The Balaban J connectivity index is 1.68. The lowest BCUT2D eigenvalue weighted by Gasteiger charge is -2.40. The van der Waals surface area contributed by atoms with Crippen molar-refractivity contribution < 1.29 is 9.53 Å². The SMILES string of the molecule is CC(C)c1ccnc(Nc2cc(C3CN(C(=O)OC(C)(C)C)C3)cc(Cl)n2)c1. The molecule has 1 saturated heterocycles. The number of hydrogen-bond acceptors (Lipinski definition) is 5. The van der Waals surface area contributed by atoms with Gasteiger partial charge in [0, 0.05) is 25.2 Å². The third kappa shape index (κ3) is 5.13. The Labute approximate surface area is 171 Å². The molecule has 0 radical (unpaired) electrons. The van der Waals surface area contributed by atoms with Crippen molar-refractivity contribution in [3.05, 3.63) is 46.7 Å². The Hall–Kier alpha value is -2.34. The van der Waals surface area contributed by atoms with E-state index in [2.05, 4.69) is 29.1 Å². The predicted molar refractivity (Wildman–Crippen MR) is 111 cm³/mol. The number of likely N-dealkylation sites (tertiary alicyclic amines) is 1. The molecule has 28 heavy (non-hydrogen) atoms. The average Bonchev–Trinajstić information content (AvgIpc) is 2.51. The minimum atomic E-state index is -0.489. The van der Waals surface area contributed by atoms with Crippen molar-refractivity contribution in [1.29, 1.82) is 0 Å². The van der Waals surface area contributed by atoms with Crippen LogP contribution in [0.15, 0.2) is 30.5 Å². The number of hydrogen-bond donors (Lipinski definition) is 1. The second-order valence-corrected chi connectivity index (χ2v) is 8.83. The summed E-state index contributed by atoms with van der Waals surface area (Å²) in [5.41, 5.74) is 1.76. The highest BCUT2D eigenvalue weighted by molar-refractivity contribution is 6.29. The van der Waals surface area contributed by atoms with E-state index < -0.39 is 5.60 Å². The smallest absolute Gasteiger partial charge is 0.410 e. The monoisotopic (exact) mass is 402 g/mol. The van der Waals surface area contributed by atoms with Crippen LogP contribution in [-0.4, -0.2) is 39.7 Å². The van der Waals surface area contributed by atoms with Crippen LogP contribution in [-0.2, 0) is 4.74 Å². The highest BCUT2D eigenvalue weighted by Crippen LogP contribution is 2.31. The Morgan fingerprint density at radius 3 is 2.61 bits per heavy atom. The molecule has 2 aromatic heterocycles. The standard InChI is InChI=1S/C21H27ClN4O2/c1-13(2)14-6-7-23-18(9-14)25-19-10-15(8-17(22)24-19)16-11-26(12-16)20(27)28-21(3,4)5/h6-10,13,16H,11-12H2,1-5H3,(H,23,24,25). The van der Waals surface area contributed by atoms with Crippen LogP contribution in [0.2, 0.25) is 5.15 Å². The van der Waals surface area contributed by atoms with Crippen molar-refractivity contribution in [2.24, 2.45) is 0 Å². The van der Waals surface area contributed by atoms with Gasteiger partial charge >= 0.3 is 6.09 Å². The van der Waals surface area contributed by atoms with E-state index in [-0.39, 0.29) is 12.0 Å². The zero-order chi connectivity index (χ0) is 20.5. The number of rotatable bonds is 4. The fourth-order valence-corrected chi connectivity index (χ4v) is 3.20.